The molecular formula is C22H19ClN2O3S3. The first-order valence-corrected chi connectivity index (χ1v) is 13.1. The summed E-state index contributed by atoms with van der Waals surface area (Å²) in [5.41, 5.74) is 1.66. The molecule has 1 heterocycles. The lowest BCUT2D eigenvalue weighted by atomic mass is 10.2. The van der Waals surface area contributed by atoms with Crippen LogP contribution in [0.5, 0.6) is 0 Å². The molecule has 4 aromatic rings. The third kappa shape index (κ3) is 5.39. The molecule has 0 atom stereocenters. The number of thioether (sulfide) groups is 1. The fourth-order valence-electron chi connectivity index (χ4n) is 3.08. The van der Waals surface area contributed by atoms with E-state index in [-0.39, 0.29) is 9.77 Å². The Kier molecular flexibility index (Phi) is 6.83. The molecule has 0 saturated carbocycles. The van der Waals surface area contributed by atoms with Crippen LogP contribution < -0.4 is 9.60 Å². The fraction of sp³-hybridized carbons (Fsp3) is 0.136. The van der Waals surface area contributed by atoms with E-state index in [4.69, 9.17) is 11.6 Å². The fourth-order valence-corrected chi connectivity index (χ4v) is 6.19. The van der Waals surface area contributed by atoms with E-state index < -0.39 is 10.0 Å². The first kappa shape index (κ1) is 22.1. The molecule has 0 aliphatic heterocycles. The van der Waals surface area contributed by atoms with E-state index in [1.54, 1.807) is 46.7 Å². The van der Waals surface area contributed by atoms with E-state index in [0.717, 1.165) is 21.8 Å². The van der Waals surface area contributed by atoms with Gasteiger partial charge in [0.15, 0.2) is 0 Å². The number of sulfonamides is 1. The molecule has 0 aliphatic carbocycles. The van der Waals surface area contributed by atoms with Crippen molar-refractivity contribution >= 4 is 54.9 Å². The maximum Gasteiger partial charge on any atom is 0.308 e. The highest BCUT2D eigenvalue weighted by atomic mass is 35.5. The van der Waals surface area contributed by atoms with Gasteiger partial charge in [-0.15, -0.1) is 11.8 Å². The van der Waals surface area contributed by atoms with Crippen molar-refractivity contribution in [2.24, 2.45) is 0 Å². The molecule has 0 radical (unpaired) electrons. The van der Waals surface area contributed by atoms with Crippen molar-refractivity contribution in [1.82, 2.24) is 9.29 Å². The summed E-state index contributed by atoms with van der Waals surface area (Å²) < 4.78 is 30.3. The van der Waals surface area contributed by atoms with Crippen molar-refractivity contribution in [3.05, 3.63) is 93.0 Å². The van der Waals surface area contributed by atoms with Crippen LogP contribution >= 0.6 is 34.7 Å². The lowest BCUT2D eigenvalue weighted by molar-refractivity contribution is 0.584. The van der Waals surface area contributed by atoms with Crippen LogP contribution in [-0.4, -0.2) is 25.3 Å². The monoisotopic (exact) mass is 490 g/mol. The quantitative estimate of drug-likeness (QED) is 0.283. The summed E-state index contributed by atoms with van der Waals surface area (Å²) >= 11 is 8.56. The zero-order valence-electron chi connectivity index (χ0n) is 16.3. The van der Waals surface area contributed by atoms with Gasteiger partial charge in [-0.2, -0.15) is 0 Å². The Balaban J connectivity index is 1.48. The van der Waals surface area contributed by atoms with Crippen molar-refractivity contribution in [2.45, 2.75) is 16.3 Å². The average Bonchev–Trinajstić information content (AvgIpc) is 3.08. The number of rotatable bonds is 8. The van der Waals surface area contributed by atoms with Gasteiger partial charge in [0.25, 0.3) is 0 Å². The molecule has 1 aromatic heterocycles. The number of halogens is 1. The summed E-state index contributed by atoms with van der Waals surface area (Å²) in [7, 11) is -3.66. The lowest BCUT2D eigenvalue weighted by Gasteiger charge is -2.08. The minimum absolute atomic E-state index is 0.133. The molecule has 0 unspecified atom stereocenters. The van der Waals surface area contributed by atoms with Gasteiger partial charge in [0.05, 0.1) is 21.7 Å². The van der Waals surface area contributed by atoms with Gasteiger partial charge >= 0.3 is 4.87 Å². The van der Waals surface area contributed by atoms with E-state index in [2.05, 4.69) is 4.72 Å². The lowest BCUT2D eigenvalue weighted by Crippen LogP contribution is -2.26. The van der Waals surface area contributed by atoms with Crippen LogP contribution in [0.1, 0.15) is 5.56 Å². The molecule has 0 amide bonds. The first-order valence-electron chi connectivity index (χ1n) is 9.48. The number of benzene rings is 3. The summed E-state index contributed by atoms with van der Waals surface area (Å²) in [6.45, 7) is 0.713. The Morgan fingerprint density at radius 1 is 1.00 bits per heavy atom. The molecule has 1 N–H and O–H groups in total. The number of thiazole rings is 1. The Labute approximate surface area is 193 Å². The highest BCUT2D eigenvalue weighted by Crippen LogP contribution is 2.23. The number of hydrogen-bond donors (Lipinski definition) is 1. The molecule has 0 fully saturated rings. The second kappa shape index (κ2) is 9.58. The topological polar surface area (TPSA) is 68.2 Å². The van der Waals surface area contributed by atoms with Gasteiger partial charge in [0.1, 0.15) is 0 Å². The van der Waals surface area contributed by atoms with Gasteiger partial charge in [-0.05, 0) is 48.0 Å². The van der Waals surface area contributed by atoms with Crippen molar-refractivity contribution < 1.29 is 8.42 Å². The second-order valence-corrected chi connectivity index (χ2v) is 11.1. The molecule has 0 bridgehead atoms. The van der Waals surface area contributed by atoms with Gasteiger partial charge in [0.2, 0.25) is 10.0 Å². The molecular weight excluding hydrogens is 472 g/mol. The molecule has 4 rings (SSSR count). The van der Waals surface area contributed by atoms with E-state index in [1.807, 2.05) is 42.5 Å². The van der Waals surface area contributed by atoms with Crippen molar-refractivity contribution in [1.29, 1.82) is 0 Å². The maximum atomic E-state index is 12.7. The molecule has 31 heavy (non-hydrogen) atoms. The van der Waals surface area contributed by atoms with Crippen LogP contribution in [-0.2, 0) is 16.6 Å². The maximum absolute atomic E-state index is 12.7. The van der Waals surface area contributed by atoms with Gasteiger partial charge in [0, 0.05) is 22.2 Å². The van der Waals surface area contributed by atoms with Crippen LogP contribution in [0.25, 0.3) is 10.2 Å². The Hall–Kier alpha value is -2.10. The van der Waals surface area contributed by atoms with Gasteiger partial charge in [-0.25, -0.2) is 13.1 Å². The molecule has 9 heteroatoms. The zero-order chi connectivity index (χ0) is 21.8. The summed E-state index contributed by atoms with van der Waals surface area (Å²) in [5, 5.41) is 0.635. The Morgan fingerprint density at radius 3 is 2.48 bits per heavy atom. The SMILES string of the molecule is O=c1sc2cc(S(=O)(=O)NCCSc3ccccc3)ccc2n1Cc1ccc(Cl)cc1. The van der Waals surface area contributed by atoms with Crippen LogP contribution in [0.3, 0.4) is 0 Å². The van der Waals surface area contributed by atoms with E-state index >= 15 is 0 Å². The highest BCUT2D eigenvalue weighted by molar-refractivity contribution is 7.99. The summed E-state index contributed by atoms with van der Waals surface area (Å²) in [6.07, 6.45) is 0. The van der Waals surface area contributed by atoms with Crippen molar-refractivity contribution in [3.8, 4) is 0 Å². The molecule has 5 nitrogen and oxygen atoms in total. The average molecular weight is 491 g/mol. The zero-order valence-corrected chi connectivity index (χ0v) is 19.5. The standard InChI is InChI=1S/C22H19ClN2O3S3/c23-17-8-6-16(7-9-17)15-25-20-11-10-19(14-21(20)30-22(25)26)31(27,28)24-12-13-29-18-4-2-1-3-5-18/h1-11,14,24H,12-13,15H2. The predicted molar refractivity (Wildman–Crippen MR) is 129 cm³/mol. The smallest absolute Gasteiger partial charge is 0.294 e. The van der Waals surface area contributed by atoms with Crippen molar-refractivity contribution in [3.63, 3.8) is 0 Å². The Morgan fingerprint density at radius 2 is 1.74 bits per heavy atom. The predicted octanol–water partition coefficient (Wildman–Crippen LogP) is 4.84. The summed E-state index contributed by atoms with van der Waals surface area (Å²) in [5.74, 6) is 0.621. The molecule has 3 aromatic carbocycles. The van der Waals surface area contributed by atoms with Crippen LogP contribution in [0.15, 0.2) is 87.4 Å². The number of nitrogens with one attached hydrogen (secondary N) is 1. The third-order valence-corrected chi connectivity index (χ3v) is 8.28. The van der Waals surface area contributed by atoms with Gasteiger partial charge < -0.3 is 0 Å². The van der Waals surface area contributed by atoms with E-state index in [1.165, 1.54) is 0 Å². The van der Waals surface area contributed by atoms with Crippen LogP contribution in [0.4, 0.5) is 0 Å². The van der Waals surface area contributed by atoms with Gasteiger partial charge in [-0.1, -0.05) is 53.3 Å². The second-order valence-electron chi connectivity index (χ2n) is 6.77. The van der Waals surface area contributed by atoms with Crippen LogP contribution in [0, 0.1) is 0 Å². The minimum atomic E-state index is -3.66. The third-order valence-electron chi connectivity index (χ3n) is 4.61. The molecule has 160 valence electrons. The number of hydrogen-bond acceptors (Lipinski definition) is 5. The van der Waals surface area contributed by atoms with Crippen LogP contribution in [0.2, 0.25) is 5.02 Å². The van der Waals surface area contributed by atoms with Crippen molar-refractivity contribution in [2.75, 3.05) is 12.3 Å². The molecule has 0 saturated heterocycles. The van der Waals surface area contributed by atoms with E-state index in [9.17, 15) is 13.2 Å². The highest BCUT2D eigenvalue weighted by Gasteiger charge is 2.16. The van der Waals surface area contributed by atoms with E-state index in [0.29, 0.717) is 34.1 Å². The largest absolute Gasteiger partial charge is 0.308 e. The number of fused-ring (bicyclic) bond motifs is 1. The summed E-state index contributed by atoms with van der Waals surface area (Å²) in [6, 6.07) is 21.9. The normalized spacial score (nSPS) is 11.8. The number of aromatic nitrogens is 1. The minimum Gasteiger partial charge on any atom is -0.294 e. The van der Waals surface area contributed by atoms with Gasteiger partial charge in [-0.3, -0.25) is 9.36 Å². The Bertz CT molecular complexity index is 1350. The molecule has 0 aliphatic rings. The summed E-state index contributed by atoms with van der Waals surface area (Å²) in [4.78, 5) is 13.6. The first-order chi connectivity index (χ1) is 14.9. The number of nitrogens with zero attached hydrogens (tertiary/aromatic N) is 1. The molecule has 0 spiro atoms.